The Balaban J connectivity index is 2.94. The van der Waals surface area contributed by atoms with E-state index in [1.807, 2.05) is 12.3 Å². The second-order valence-corrected chi connectivity index (χ2v) is 3.40. The lowest BCUT2D eigenvalue weighted by Gasteiger charge is -2.07. The molecule has 0 bridgehead atoms. The first-order chi connectivity index (χ1) is 6.20. The van der Waals surface area contributed by atoms with Crippen molar-refractivity contribution in [2.45, 2.75) is 20.8 Å². The molecule has 0 amide bonds. The summed E-state index contributed by atoms with van der Waals surface area (Å²) in [5.41, 5.74) is 4.81. The second kappa shape index (κ2) is 2.84. The second-order valence-electron chi connectivity index (χ2n) is 3.40. The van der Waals surface area contributed by atoms with Crippen LogP contribution in [0.25, 0.3) is 10.9 Å². The topological polar surface area (TPSA) is 12.9 Å². The van der Waals surface area contributed by atoms with Gasteiger partial charge in [0, 0.05) is 17.6 Å². The fourth-order valence-electron chi connectivity index (χ4n) is 1.56. The number of pyridine rings is 1. The van der Waals surface area contributed by atoms with Crippen molar-refractivity contribution >= 4 is 10.9 Å². The summed E-state index contributed by atoms with van der Waals surface area (Å²) >= 11 is 0. The standard InChI is InChI=1S/C12H12N/c1-8-7-12-11(5-4-6-13-12)10(3)9(8)2/h4-6H,1-3H3. The number of benzene rings is 1. The van der Waals surface area contributed by atoms with Crippen LogP contribution in [0.1, 0.15) is 16.7 Å². The van der Waals surface area contributed by atoms with Gasteiger partial charge in [0.25, 0.3) is 0 Å². The van der Waals surface area contributed by atoms with Crippen LogP contribution in [0.5, 0.6) is 0 Å². The molecule has 13 heavy (non-hydrogen) atoms. The van der Waals surface area contributed by atoms with Gasteiger partial charge in [0.05, 0.1) is 5.52 Å². The molecular formula is C12H12N. The third kappa shape index (κ3) is 1.21. The highest BCUT2D eigenvalue weighted by atomic mass is 14.6. The van der Waals surface area contributed by atoms with E-state index >= 15 is 0 Å². The maximum Gasteiger partial charge on any atom is 0.0786 e. The number of aromatic nitrogens is 1. The van der Waals surface area contributed by atoms with Crippen LogP contribution in [0.2, 0.25) is 0 Å². The summed E-state index contributed by atoms with van der Waals surface area (Å²) in [5.74, 6) is 0. The molecule has 0 aliphatic rings. The average Bonchev–Trinajstić information content (AvgIpc) is 2.15. The highest BCUT2D eigenvalue weighted by Crippen LogP contribution is 2.21. The summed E-state index contributed by atoms with van der Waals surface area (Å²) in [4.78, 5) is 4.29. The average molecular weight is 170 g/mol. The van der Waals surface area contributed by atoms with Gasteiger partial charge in [-0.05, 0) is 43.5 Å². The van der Waals surface area contributed by atoms with E-state index in [1.54, 1.807) is 0 Å². The zero-order valence-electron chi connectivity index (χ0n) is 8.18. The zero-order valence-corrected chi connectivity index (χ0v) is 8.18. The summed E-state index contributed by atoms with van der Waals surface area (Å²) in [6, 6.07) is 7.36. The Morgan fingerprint density at radius 2 is 1.92 bits per heavy atom. The van der Waals surface area contributed by atoms with Crippen LogP contribution >= 0.6 is 0 Å². The molecule has 65 valence electrons. The molecule has 0 spiro atoms. The lowest BCUT2D eigenvalue weighted by molar-refractivity contribution is 1.27. The third-order valence-electron chi connectivity index (χ3n) is 2.64. The molecule has 0 saturated heterocycles. The van der Waals surface area contributed by atoms with Gasteiger partial charge in [-0.15, -0.1) is 0 Å². The van der Waals surface area contributed by atoms with Crippen molar-refractivity contribution in [3.63, 3.8) is 0 Å². The van der Waals surface area contributed by atoms with E-state index in [2.05, 4.69) is 37.9 Å². The molecule has 0 N–H and O–H groups in total. The van der Waals surface area contributed by atoms with Crippen molar-refractivity contribution in [3.8, 4) is 0 Å². The van der Waals surface area contributed by atoms with E-state index in [0.717, 1.165) is 5.52 Å². The van der Waals surface area contributed by atoms with Crippen molar-refractivity contribution in [2.24, 2.45) is 0 Å². The first kappa shape index (κ1) is 8.24. The van der Waals surface area contributed by atoms with Crippen molar-refractivity contribution in [1.29, 1.82) is 0 Å². The summed E-state index contributed by atoms with van der Waals surface area (Å²) in [6.45, 7) is 6.35. The molecule has 0 saturated carbocycles. The lowest BCUT2D eigenvalue weighted by atomic mass is 10.00. The predicted molar refractivity (Wildman–Crippen MR) is 54.8 cm³/mol. The molecule has 1 aromatic heterocycles. The Bertz CT molecular complexity index is 458. The highest BCUT2D eigenvalue weighted by Gasteiger charge is 2.03. The van der Waals surface area contributed by atoms with Crippen LogP contribution < -0.4 is 0 Å². The predicted octanol–water partition coefficient (Wildman–Crippen LogP) is 2.96. The van der Waals surface area contributed by atoms with E-state index < -0.39 is 0 Å². The van der Waals surface area contributed by atoms with Gasteiger partial charge in [0.1, 0.15) is 0 Å². The fraction of sp³-hybridized carbons (Fsp3) is 0.250. The van der Waals surface area contributed by atoms with Gasteiger partial charge >= 0.3 is 0 Å². The normalized spacial score (nSPS) is 10.7. The van der Waals surface area contributed by atoms with Crippen molar-refractivity contribution in [3.05, 3.63) is 41.1 Å². The quantitative estimate of drug-likeness (QED) is 0.592. The van der Waals surface area contributed by atoms with Crippen LogP contribution in [-0.4, -0.2) is 4.98 Å². The van der Waals surface area contributed by atoms with Gasteiger partial charge < -0.3 is 0 Å². The SMILES string of the molecule is Cc1[c]c2ncccc2c(C)c1C. The van der Waals surface area contributed by atoms with Crippen LogP contribution in [0.4, 0.5) is 0 Å². The Kier molecular flexibility index (Phi) is 1.80. The Morgan fingerprint density at radius 1 is 1.15 bits per heavy atom. The Morgan fingerprint density at radius 3 is 2.69 bits per heavy atom. The molecule has 0 unspecified atom stereocenters. The Hall–Kier alpha value is -1.37. The molecule has 1 radical (unpaired) electrons. The fourth-order valence-corrected chi connectivity index (χ4v) is 1.56. The van der Waals surface area contributed by atoms with E-state index in [0.29, 0.717) is 0 Å². The minimum Gasteiger partial charge on any atom is -0.256 e. The van der Waals surface area contributed by atoms with Crippen LogP contribution in [0.3, 0.4) is 0 Å². The summed E-state index contributed by atoms with van der Waals surface area (Å²) in [5, 5.41) is 1.21. The smallest absolute Gasteiger partial charge is 0.0786 e. The zero-order chi connectivity index (χ0) is 9.42. The largest absolute Gasteiger partial charge is 0.256 e. The first-order valence-electron chi connectivity index (χ1n) is 4.44. The number of fused-ring (bicyclic) bond motifs is 1. The minimum absolute atomic E-state index is 0.975. The monoisotopic (exact) mass is 170 g/mol. The van der Waals surface area contributed by atoms with E-state index in [9.17, 15) is 0 Å². The molecule has 0 fully saturated rings. The number of hydrogen-bond donors (Lipinski definition) is 0. The minimum atomic E-state index is 0.975. The molecule has 1 heterocycles. The first-order valence-corrected chi connectivity index (χ1v) is 4.44. The van der Waals surface area contributed by atoms with E-state index in [1.165, 1.54) is 22.1 Å². The maximum atomic E-state index is 4.29. The molecule has 1 heteroatoms. The van der Waals surface area contributed by atoms with Gasteiger partial charge in [-0.1, -0.05) is 6.07 Å². The highest BCUT2D eigenvalue weighted by molar-refractivity contribution is 5.83. The number of nitrogens with zero attached hydrogens (tertiary/aromatic N) is 1. The summed E-state index contributed by atoms with van der Waals surface area (Å²) in [7, 11) is 0. The van der Waals surface area contributed by atoms with Crippen LogP contribution in [0, 0.1) is 26.8 Å². The van der Waals surface area contributed by atoms with E-state index in [-0.39, 0.29) is 0 Å². The molecule has 0 aliphatic carbocycles. The van der Waals surface area contributed by atoms with Crippen LogP contribution in [-0.2, 0) is 0 Å². The summed E-state index contributed by atoms with van der Waals surface area (Å²) in [6.07, 6.45) is 1.81. The van der Waals surface area contributed by atoms with Gasteiger partial charge in [-0.25, -0.2) is 0 Å². The maximum absolute atomic E-state index is 4.29. The molecule has 0 aliphatic heterocycles. The molecule has 2 aromatic rings. The lowest BCUT2D eigenvalue weighted by Crippen LogP contribution is -1.90. The van der Waals surface area contributed by atoms with Gasteiger partial charge in [-0.3, -0.25) is 4.98 Å². The molecule has 0 atom stereocenters. The van der Waals surface area contributed by atoms with Gasteiger partial charge in [-0.2, -0.15) is 0 Å². The van der Waals surface area contributed by atoms with Crippen molar-refractivity contribution in [2.75, 3.05) is 0 Å². The Labute approximate surface area is 78.4 Å². The molecule has 1 nitrogen and oxygen atoms in total. The third-order valence-corrected chi connectivity index (χ3v) is 2.64. The summed E-state index contributed by atoms with van der Waals surface area (Å²) < 4.78 is 0. The number of aryl methyl sites for hydroxylation is 2. The van der Waals surface area contributed by atoms with Crippen molar-refractivity contribution < 1.29 is 0 Å². The number of rotatable bonds is 0. The van der Waals surface area contributed by atoms with Gasteiger partial charge in [0.15, 0.2) is 0 Å². The van der Waals surface area contributed by atoms with Crippen LogP contribution in [0.15, 0.2) is 18.3 Å². The molecule has 2 rings (SSSR count). The van der Waals surface area contributed by atoms with Gasteiger partial charge in [0.2, 0.25) is 0 Å². The van der Waals surface area contributed by atoms with E-state index in [4.69, 9.17) is 0 Å². The molecular weight excluding hydrogens is 158 g/mol. The molecule has 1 aromatic carbocycles. The number of hydrogen-bond acceptors (Lipinski definition) is 1. The van der Waals surface area contributed by atoms with Crippen molar-refractivity contribution in [1.82, 2.24) is 4.98 Å².